The molecule has 0 fully saturated rings. The van der Waals surface area contributed by atoms with Crippen molar-refractivity contribution in [2.24, 2.45) is 7.05 Å². The second-order valence-electron chi connectivity index (χ2n) is 4.00. The first-order valence-corrected chi connectivity index (χ1v) is 5.74. The Morgan fingerprint density at radius 3 is 3.00 bits per heavy atom. The highest BCUT2D eigenvalue weighted by atomic mass is 19.1. The van der Waals surface area contributed by atoms with E-state index in [0.29, 0.717) is 18.1 Å². The molecule has 0 aliphatic rings. The minimum absolute atomic E-state index is 0.106. The lowest BCUT2D eigenvalue weighted by molar-refractivity contribution is -0.115. The van der Waals surface area contributed by atoms with Crippen molar-refractivity contribution in [3.63, 3.8) is 0 Å². The highest BCUT2D eigenvalue weighted by Gasteiger charge is 2.04. The molecular weight excluding hydrogens is 249 g/mol. The summed E-state index contributed by atoms with van der Waals surface area (Å²) in [5, 5.41) is 9.56. The molecular formula is C12H14FN5O. The summed E-state index contributed by atoms with van der Waals surface area (Å²) in [6, 6.07) is 5.75. The number of carbonyl (C=O) groups excluding carboxylic acids is 1. The van der Waals surface area contributed by atoms with Crippen LogP contribution in [0.15, 0.2) is 30.6 Å². The van der Waals surface area contributed by atoms with Crippen LogP contribution in [0.4, 0.5) is 10.1 Å². The minimum Gasteiger partial charge on any atom is -0.325 e. The zero-order valence-electron chi connectivity index (χ0n) is 10.4. The fraction of sp³-hybridized carbons (Fsp3) is 0.250. The average molecular weight is 263 g/mol. The molecule has 0 saturated carbocycles. The highest BCUT2D eigenvalue weighted by Crippen LogP contribution is 2.08. The molecule has 100 valence electrons. The van der Waals surface area contributed by atoms with Gasteiger partial charge in [-0.3, -0.25) is 9.48 Å². The molecule has 1 heterocycles. The monoisotopic (exact) mass is 263 g/mol. The maximum absolute atomic E-state index is 12.9. The van der Waals surface area contributed by atoms with Crippen molar-refractivity contribution in [3.05, 3.63) is 42.2 Å². The summed E-state index contributed by atoms with van der Waals surface area (Å²) in [5.74, 6) is -0.0222. The van der Waals surface area contributed by atoms with Crippen molar-refractivity contribution >= 4 is 11.6 Å². The van der Waals surface area contributed by atoms with Crippen LogP contribution in [0, 0.1) is 5.82 Å². The fourth-order valence-corrected chi connectivity index (χ4v) is 1.52. The Morgan fingerprint density at radius 1 is 1.47 bits per heavy atom. The van der Waals surface area contributed by atoms with Gasteiger partial charge in [-0.2, -0.15) is 5.10 Å². The molecule has 0 aliphatic carbocycles. The van der Waals surface area contributed by atoms with Gasteiger partial charge < -0.3 is 10.6 Å². The first-order chi connectivity index (χ1) is 9.13. The second kappa shape index (κ2) is 6.05. The van der Waals surface area contributed by atoms with Gasteiger partial charge in [0.15, 0.2) is 5.82 Å². The van der Waals surface area contributed by atoms with E-state index in [2.05, 4.69) is 20.7 Å². The Balaban J connectivity index is 1.76. The number of nitrogens with one attached hydrogen (secondary N) is 2. The summed E-state index contributed by atoms with van der Waals surface area (Å²) < 4.78 is 14.5. The molecule has 19 heavy (non-hydrogen) atoms. The lowest BCUT2D eigenvalue weighted by Gasteiger charge is -2.05. The Morgan fingerprint density at radius 2 is 2.32 bits per heavy atom. The molecule has 0 unspecified atom stereocenters. The van der Waals surface area contributed by atoms with Crippen LogP contribution in [0.5, 0.6) is 0 Å². The molecule has 2 N–H and O–H groups in total. The quantitative estimate of drug-likeness (QED) is 0.832. The third-order valence-corrected chi connectivity index (χ3v) is 2.32. The summed E-state index contributed by atoms with van der Waals surface area (Å²) in [6.07, 6.45) is 1.59. The van der Waals surface area contributed by atoms with Crippen molar-refractivity contribution in [2.45, 2.75) is 6.54 Å². The van der Waals surface area contributed by atoms with Crippen LogP contribution >= 0.6 is 0 Å². The zero-order chi connectivity index (χ0) is 13.7. The Kier molecular flexibility index (Phi) is 4.19. The van der Waals surface area contributed by atoms with Crippen molar-refractivity contribution in [1.82, 2.24) is 20.1 Å². The lowest BCUT2D eigenvalue weighted by Crippen LogP contribution is -2.28. The number of anilines is 1. The molecule has 0 aliphatic heterocycles. The highest BCUT2D eigenvalue weighted by molar-refractivity contribution is 5.92. The fourth-order valence-electron chi connectivity index (χ4n) is 1.52. The molecule has 1 aromatic heterocycles. The number of carbonyl (C=O) groups is 1. The molecule has 0 saturated heterocycles. The van der Waals surface area contributed by atoms with E-state index >= 15 is 0 Å². The normalized spacial score (nSPS) is 10.4. The van der Waals surface area contributed by atoms with Gasteiger partial charge in [0.2, 0.25) is 5.91 Å². The van der Waals surface area contributed by atoms with E-state index in [0.717, 1.165) is 0 Å². The van der Waals surface area contributed by atoms with Gasteiger partial charge >= 0.3 is 0 Å². The molecule has 0 atom stereocenters. The number of nitrogens with zero attached hydrogens (tertiary/aromatic N) is 3. The van der Waals surface area contributed by atoms with Gasteiger partial charge in [0.05, 0.1) is 13.1 Å². The SMILES string of the molecule is Cn1cnc(CNCC(=O)Nc2cccc(F)c2)n1. The minimum atomic E-state index is -0.386. The van der Waals surface area contributed by atoms with E-state index in [1.54, 1.807) is 24.1 Å². The predicted molar refractivity (Wildman–Crippen MR) is 67.7 cm³/mol. The average Bonchev–Trinajstić information content (AvgIpc) is 2.75. The smallest absolute Gasteiger partial charge is 0.238 e. The van der Waals surface area contributed by atoms with Gasteiger partial charge in [-0.05, 0) is 18.2 Å². The van der Waals surface area contributed by atoms with E-state index in [1.165, 1.54) is 18.2 Å². The van der Waals surface area contributed by atoms with E-state index in [1.807, 2.05) is 0 Å². The van der Waals surface area contributed by atoms with Crippen LogP contribution in [0.3, 0.4) is 0 Å². The summed E-state index contributed by atoms with van der Waals surface area (Å²) in [5.41, 5.74) is 0.433. The first kappa shape index (κ1) is 13.2. The van der Waals surface area contributed by atoms with Crippen LogP contribution < -0.4 is 10.6 Å². The molecule has 1 amide bonds. The lowest BCUT2D eigenvalue weighted by atomic mass is 10.3. The summed E-state index contributed by atoms with van der Waals surface area (Å²) in [6.45, 7) is 0.506. The van der Waals surface area contributed by atoms with E-state index in [-0.39, 0.29) is 18.3 Å². The number of hydrogen-bond donors (Lipinski definition) is 2. The van der Waals surface area contributed by atoms with Crippen molar-refractivity contribution in [1.29, 1.82) is 0 Å². The number of rotatable bonds is 5. The molecule has 7 heteroatoms. The maximum Gasteiger partial charge on any atom is 0.238 e. The van der Waals surface area contributed by atoms with Crippen LogP contribution in [-0.4, -0.2) is 27.2 Å². The Hall–Kier alpha value is -2.28. The molecule has 6 nitrogen and oxygen atoms in total. The Bertz CT molecular complexity index is 569. The van der Waals surface area contributed by atoms with Crippen molar-refractivity contribution < 1.29 is 9.18 Å². The van der Waals surface area contributed by atoms with E-state index < -0.39 is 0 Å². The zero-order valence-corrected chi connectivity index (χ0v) is 10.4. The number of aromatic nitrogens is 3. The van der Waals surface area contributed by atoms with Gasteiger partial charge in [-0.25, -0.2) is 9.37 Å². The van der Waals surface area contributed by atoms with E-state index in [9.17, 15) is 9.18 Å². The number of benzene rings is 1. The van der Waals surface area contributed by atoms with Gasteiger partial charge in [0, 0.05) is 12.7 Å². The number of amides is 1. The van der Waals surface area contributed by atoms with Gasteiger partial charge in [-0.1, -0.05) is 6.07 Å². The third kappa shape index (κ3) is 4.14. The van der Waals surface area contributed by atoms with Crippen LogP contribution in [0.25, 0.3) is 0 Å². The first-order valence-electron chi connectivity index (χ1n) is 5.74. The predicted octanol–water partition coefficient (Wildman–Crippen LogP) is 0.682. The van der Waals surface area contributed by atoms with E-state index in [4.69, 9.17) is 0 Å². The van der Waals surface area contributed by atoms with Crippen LogP contribution in [0.1, 0.15) is 5.82 Å². The standard InChI is InChI=1S/C12H14FN5O/c1-18-8-15-11(17-18)6-14-7-12(19)16-10-4-2-3-9(13)5-10/h2-5,8,14H,6-7H2,1H3,(H,16,19). The largest absolute Gasteiger partial charge is 0.325 e. The molecule has 0 spiro atoms. The summed E-state index contributed by atoms with van der Waals surface area (Å²) in [7, 11) is 1.77. The molecule has 2 rings (SSSR count). The van der Waals surface area contributed by atoms with Gasteiger partial charge in [0.25, 0.3) is 0 Å². The number of halogens is 1. The van der Waals surface area contributed by atoms with Crippen LogP contribution in [0.2, 0.25) is 0 Å². The Labute approximate surface area is 109 Å². The summed E-state index contributed by atoms with van der Waals surface area (Å²) in [4.78, 5) is 15.6. The van der Waals surface area contributed by atoms with Crippen LogP contribution in [-0.2, 0) is 18.4 Å². The van der Waals surface area contributed by atoms with Gasteiger partial charge in [0.1, 0.15) is 12.1 Å². The topological polar surface area (TPSA) is 71.8 Å². The van der Waals surface area contributed by atoms with Gasteiger partial charge in [-0.15, -0.1) is 0 Å². The maximum atomic E-state index is 12.9. The molecule has 0 bridgehead atoms. The second-order valence-corrected chi connectivity index (χ2v) is 4.00. The number of hydrogen-bond acceptors (Lipinski definition) is 4. The third-order valence-electron chi connectivity index (χ3n) is 2.32. The number of aryl methyl sites for hydroxylation is 1. The summed E-state index contributed by atoms with van der Waals surface area (Å²) >= 11 is 0. The van der Waals surface area contributed by atoms with Crippen molar-refractivity contribution in [2.75, 3.05) is 11.9 Å². The van der Waals surface area contributed by atoms with Crippen molar-refractivity contribution in [3.8, 4) is 0 Å². The molecule has 1 aromatic carbocycles. The molecule has 0 radical (unpaired) electrons. The molecule has 2 aromatic rings.